The number of carbonyl (C=O) groups excluding carboxylic acids is 1. The van der Waals surface area contributed by atoms with Crippen molar-refractivity contribution in [2.24, 2.45) is 0 Å². The first-order valence-corrected chi connectivity index (χ1v) is 13.0. The summed E-state index contributed by atoms with van der Waals surface area (Å²) in [6, 6.07) is 19.7. The van der Waals surface area contributed by atoms with E-state index in [4.69, 9.17) is 10.1 Å². The molecule has 0 spiro atoms. The standard InChI is InChI=1S/C29H26FN3O3S/c30-23-11-8-19(9-12-23)25-17-37-29(33-25)27(32-24-13-10-18-2-1-3-22(18)16-24)20-4-6-21(7-5-20)28(36)31-15-14-26(34)35/h4-13,16-17,27,32H,1-3,14-15H2,(H,31,36)(H,34,35). The normalized spacial score (nSPS) is 13.1. The molecule has 0 bridgehead atoms. The molecule has 0 saturated carbocycles. The van der Waals surface area contributed by atoms with Crippen LogP contribution in [0.15, 0.2) is 72.1 Å². The van der Waals surface area contributed by atoms with Crippen LogP contribution in [0.4, 0.5) is 10.1 Å². The highest BCUT2D eigenvalue weighted by Gasteiger charge is 2.21. The minimum atomic E-state index is -0.959. The number of nitrogens with zero attached hydrogens (tertiary/aromatic N) is 1. The zero-order chi connectivity index (χ0) is 25.8. The number of fused-ring (bicyclic) bond motifs is 1. The van der Waals surface area contributed by atoms with E-state index in [9.17, 15) is 14.0 Å². The highest BCUT2D eigenvalue weighted by atomic mass is 32.1. The molecule has 1 amide bonds. The van der Waals surface area contributed by atoms with E-state index in [2.05, 4.69) is 28.8 Å². The Kier molecular flexibility index (Phi) is 7.28. The van der Waals surface area contributed by atoms with Gasteiger partial charge >= 0.3 is 5.97 Å². The Balaban J connectivity index is 1.42. The second-order valence-corrected chi connectivity index (χ2v) is 9.90. The first kappa shape index (κ1) is 24.6. The maximum Gasteiger partial charge on any atom is 0.305 e. The molecule has 6 nitrogen and oxygen atoms in total. The first-order valence-electron chi connectivity index (χ1n) is 12.2. The van der Waals surface area contributed by atoms with Crippen LogP contribution >= 0.6 is 11.3 Å². The van der Waals surface area contributed by atoms with Crippen LogP contribution in [0.1, 0.15) is 50.9 Å². The Labute approximate surface area is 218 Å². The number of aryl methyl sites for hydroxylation is 2. The number of aliphatic carboxylic acids is 1. The predicted octanol–water partition coefficient (Wildman–Crippen LogP) is 5.84. The van der Waals surface area contributed by atoms with E-state index in [1.165, 1.54) is 41.0 Å². The van der Waals surface area contributed by atoms with Crippen LogP contribution in [0.25, 0.3) is 11.3 Å². The van der Waals surface area contributed by atoms with Gasteiger partial charge in [0.2, 0.25) is 0 Å². The van der Waals surface area contributed by atoms with Gasteiger partial charge < -0.3 is 15.7 Å². The van der Waals surface area contributed by atoms with Gasteiger partial charge in [0.05, 0.1) is 12.1 Å². The van der Waals surface area contributed by atoms with Crippen molar-refractivity contribution in [1.82, 2.24) is 10.3 Å². The minimum Gasteiger partial charge on any atom is -0.481 e. The van der Waals surface area contributed by atoms with Gasteiger partial charge in [-0.1, -0.05) is 18.2 Å². The third kappa shape index (κ3) is 5.86. The van der Waals surface area contributed by atoms with E-state index >= 15 is 0 Å². The monoisotopic (exact) mass is 515 g/mol. The van der Waals surface area contributed by atoms with Gasteiger partial charge in [-0.05, 0) is 84.5 Å². The summed E-state index contributed by atoms with van der Waals surface area (Å²) in [4.78, 5) is 28.0. The molecule has 37 heavy (non-hydrogen) atoms. The third-order valence-electron chi connectivity index (χ3n) is 6.45. The molecule has 188 valence electrons. The van der Waals surface area contributed by atoms with Crippen molar-refractivity contribution in [3.05, 3.63) is 105 Å². The summed E-state index contributed by atoms with van der Waals surface area (Å²) in [6.45, 7) is 0.0731. The SMILES string of the molecule is O=C(O)CCNC(=O)c1ccc(C(Nc2ccc3c(c2)CCC3)c2nc(-c3ccc(F)cc3)cs2)cc1. The lowest BCUT2D eigenvalue weighted by molar-refractivity contribution is -0.136. The molecule has 1 aromatic heterocycles. The summed E-state index contributed by atoms with van der Waals surface area (Å²) < 4.78 is 13.4. The van der Waals surface area contributed by atoms with Crippen LogP contribution in [-0.2, 0) is 17.6 Å². The number of rotatable bonds is 9. The van der Waals surface area contributed by atoms with Crippen LogP contribution in [0, 0.1) is 5.82 Å². The number of carbonyl (C=O) groups is 2. The van der Waals surface area contributed by atoms with Crippen LogP contribution in [0.3, 0.4) is 0 Å². The Morgan fingerprint density at radius 2 is 1.76 bits per heavy atom. The molecular weight excluding hydrogens is 489 g/mol. The van der Waals surface area contributed by atoms with Crippen molar-refractivity contribution in [2.75, 3.05) is 11.9 Å². The topological polar surface area (TPSA) is 91.3 Å². The maximum absolute atomic E-state index is 13.4. The molecule has 1 unspecified atom stereocenters. The zero-order valence-corrected chi connectivity index (χ0v) is 20.9. The number of thiazole rings is 1. The molecule has 1 aliphatic carbocycles. The van der Waals surface area contributed by atoms with Gasteiger partial charge in [-0.2, -0.15) is 0 Å². The lowest BCUT2D eigenvalue weighted by atomic mass is 10.0. The molecule has 0 fully saturated rings. The largest absolute Gasteiger partial charge is 0.481 e. The molecule has 0 radical (unpaired) electrons. The molecule has 8 heteroatoms. The van der Waals surface area contributed by atoms with Gasteiger partial charge in [-0.3, -0.25) is 9.59 Å². The number of carboxylic acids is 1. The lowest BCUT2D eigenvalue weighted by Gasteiger charge is -2.19. The number of carboxylic acid groups (broad SMARTS) is 1. The van der Waals surface area contributed by atoms with E-state index in [0.29, 0.717) is 5.56 Å². The fraction of sp³-hybridized carbons (Fsp3) is 0.207. The molecule has 1 aliphatic rings. The van der Waals surface area contributed by atoms with Gasteiger partial charge in [0.1, 0.15) is 16.9 Å². The van der Waals surface area contributed by atoms with Gasteiger partial charge in [0.15, 0.2) is 0 Å². The highest BCUT2D eigenvalue weighted by Crippen LogP contribution is 2.33. The lowest BCUT2D eigenvalue weighted by Crippen LogP contribution is -2.26. The molecule has 0 saturated heterocycles. The number of aromatic nitrogens is 1. The summed E-state index contributed by atoms with van der Waals surface area (Å²) in [6.07, 6.45) is 3.23. The molecule has 1 atom stereocenters. The van der Waals surface area contributed by atoms with E-state index < -0.39 is 5.97 Å². The van der Waals surface area contributed by atoms with E-state index in [1.54, 1.807) is 24.3 Å². The minimum absolute atomic E-state index is 0.0731. The van der Waals surface area contributed by atoms with Gasteiger partial charge in [-0.25, -0.2) is 9.37 Å². The van der Waals surface area contributed by atoms with E-state index in [0.717, 1.165) is 40.4 Å². The molecule has 3 N–H and O–H groups in total. The molecule has 0 aliphatic heterocycles. The molecule has 1 heterocycles. The van der Waals surface area contributed by atoms with Crippen molar-refractivity contribution in [2.45, 2.75) is 31.7 Å². The van der Waals surface area contributed by atoms with Gasteiger partial charge in [0, 0.05) is 28.7 Å². The maximum atomic E-state index is 13.4. The third-order valence-corrected chi connectivity index (χ3v) is 7.36. The number of amides is 1. The fourth-order valence-corrected chi connectivity index (χ4v) is 5.40. The van der Waals surface area contributed by atoms with E-state index in [1.807, 2.05) is 17.5 Å². The number of halogens is 1. The first-order chi connectivity index (χ1) is 18.0. The van der Waals surface area contributed by atoms with E-state index in [-0.39, 0.29) is 30.7 Å². The molecule has 3 aromatic carbocycles. The van der Waals surface area contributed by atoms with Crippen molar-refractivity contribution in [1.29, 1.82) is 0 Å². The van der Waals surface area contributed by atoms with Crippen LogP contribution in [-0.4, -0.2) is 28.5 Å². The van der Waals surface area contributed by atoms with Crippen molar-refractivity contribution in [3.8, 4) is 11.3 Å². The molecule has 5 rings (SSSR count). The fourth-order valence-electron chi connectivity index (χ4n) is 4.50. The van der Waals surface area contributed by atoms with Crippen molar-refractivity contribution >= 4 is 28.9 Å². The summed E-state index contributed by atoms with van der Waals surface area (Å²) >= 11 is 1.52. The second kappa shape index (κ2) is 10.9. The number of hydrogen-bond donors (Lipinski definition) is 3. The number of nitrogens with one attached hydrogen (secondary N) is 2. The average molecular weight is 516 g/mol. The summed E-state index contributed by atoms with van der Waals surface area (Å²) in [5, 5.41) is 17.9. The summed E-state index contributed by atoms with van der Waals surface area (Å²) in [5.41, 5.74) is 6.76. The number of hydrogen-bond acceptors (Lipinski definition) is 5. The summed E-state index contributed by atoms with van der Waals surface area (Å²) in [5.74, 6) is -1.56. The highest BCUT2D eigenvalue weighted by molar-refractivity contribution is 7.10. The van der Waals surface area contributed by atoms with Gasteiger partial charge in [0.25, 0.3) is 5.91 Å². The van der Waals surface area contributed by atoms with Crippen molar-refractivity contribution < 1.29 is 19.1 Å². The Bertz CT molecular complexity index is 1420. The molecule has 4 aromatic rings. The number of benzene rings is 3. The van der Waals surface area contributed by atoms with Crippen molar-refractivity contribution in [3.63, 3.8) is 0 Å². The van der Waals surface area contributed by atoms with Crippen LogP contribution in [0.5, 0.6) is 0 Å². The zero-order valence-electron chi connectivity index (χ0n) is 20.0. The van der Waals surface area contributed by atoms with Crippen LogP contribution < -0.4 is 10.6 Å². The summed E-state index contributed by atoms with van der Waals surface area (Å²) in [7, 11) is 0. The quantitative estimate of drug-likeness (QED) is 0.260. The van der Waals surface area contributed by atoms with Gasteiger partial charge in [-0.15, -0.1) is 11.3 Å². The Hall–Kier alpha value is -4.04. The average Bonchev–Trinajstić information content (AvgIpc) is 3.57. The predicted molar refractivity (Wildman–Crippen MR) is 142 cm³/mol. The Morgan fingerprint density at radius 1 is 1.00 bits per heavy atom. The Morgan fingerprint density at radius 3 is 2.51 bits per heavy atom. The van der Waals surface area contributed by atoms with Crippen LogP contribution in [0.2, 0.25) is 0 Å². The number of anilines is 1. The second-order valence-electron chi connectivity index (χ2n) is 9.01. The smallest absolute Gasteiger partial charge is 0.305 e. The molecular formula is C29H26FN3O3S.